The van der Waals surface area contributed by atoms with E-state index in [0.717, 1.165) is 24.6 Å². The second-order valence-corrected chi connectivity index (χ2v) is 4.47. The molecule has 0 bridgehead atoms. The van der Waals surface area contributed by atoms with Crippen molar-refractivity contribution in [2.75, 3.05) is 7.11 Å². The lowest BCUT2D eigenvalue weighted by molar-refractivity contribution is 0.0582. The van der Waals surface area contributed by atoms with Crippen LogP contribution in [0, 0.1) is 6.92 Å². The fraction of sp³-hybridized carbons (Fsp3) is 0.750. The van der Waals surface area contributed by atoms with E-state index < -0.39 is 0 Å². The molecule has 4 nitrogen and oxygen atoms in total. The van der Waals surface area contributed by atoms with Crippen molar-refractivity contribution in [3.05, 3.63) is 17.8 Å². The quantitative estimate of drug-likeness (QED) is 0.850. The standard InChI is InChI=1S/C12H20N2O2/c1-9-7-14-12(16-9)8-13-10-4-3-5-11(6-10)15-2/h7,10-11,13H,3-6,8H2,1-2H3. The van der Waals surface area contributed by atoms with Crippen LogP contribution in [-0.2, 0) is 11.3 Å². The van der Waals surface area contributed by atoms with Gasteiger partial charge in [0.05, 0.1) is 18.8 Å². The largest absolute Gasteiger partial charge is 0.445 e. The Morgan fingerprint density at radius 3 is 3.12 bits per heavy atom. The van der Waals surface area contributed by atoms with Crippen molar-refractivity contribution < 1.29 is 9.15 Å². The Hall–Kier alpha value is -0.870. The number of rotatable bonds is 4. The van der Waals surface area contributed by atoms with Crippen molar-refractivity contribution in [2.24, 2.45) is 0 Å². The average Bonchev–Trinajstić information content (AvgIpc) is 2.73. The van der Waals surface area contributed by atoms with Crippen molar-refractivity contribution in [3.8, 4) is 0 Å². The summed E-state index contributed by atoms with van der Waals surface area (Å²) < 4.78 is 10.8. The highest BCUT2D eigenvalue weighted by atomic mass is 16.5. The van der Waals surface area contributed by atoms with E-state index in [9.17, 15) is 0 Å². The van der Waals surface area contributed by atoms with E-state index in [1.807, 2.05) is 6.92 Å². The summed E-state index contributed by atoms with van der Waals surface area (Å²) in [5.74, 6) is 1.65. The monoisotopic (exact) mass is 224 g/mol. The van der Waals surface area contributed by atoms with Crippen LogP contribution >= 0.6 is 0 Å². The number of aromatic nitrogens is 1. The molecule has 1 heterocycles. The predicted molar refractivity (Wildman–Crippen MR) is 61.1 cm³/mol. The summed E-state index contributed by atoms with van der Waals surface area (Å²) in [5.41, 5.74) is 0. The van der Waals surface area contributed by atoms with Gasteiger partial charge in [-0.15, -0.1) is 0 Å². The number of nitrogens with one attached hydrogen (secondary N) is 1. The van der Waals surface area contributed by atoms with Gasteiger partial charge in [-0.1, -0.05) is 0 Å². The van der Waals surface area contributed by atoms with Gasteiger partial charge in [0, 0.05) is 13.2 Å². The van der Waals surface area contributed by atoms with E-state index in [1.165, 1.54) is 19.3 Å². The first-order chi connectivity index (χ1) is 7.78. The Balaban J connectivity index is 1.77. The number of aryl methyl sites for hydroxylation is 1. The van der Waals surface area contributed by atoms with Crippen molar-refractivity contribution in [1.82, 2.24) is 10.3 Å². The molecule has 16 heavy (non-hydrogen) atoms. The van der Waals surface area contributed by atoms with Gasteiger partial charge in [0.2, 0.25) is 5.89 Å². The normalized spacial score (nSPS) is 25.9. The van der Waals surface area contributed by atoms with Crippen LogP contribution in [0.3, 0.4) is 0 Å². The predicted octanol–water partition coefficient (Wildman–Crippen LogP) is 2.03. The fourth-order valence-electron chi connectivity index (χ4n) is 2.26. The maximum Gasteiger partial charge on any atom is 0.208 e. The molecule has 90 valence electrons. The molecule has 0 spiro atoms. The summed E-state index contributed by atoms with van der Waals surface area (Å²) in [4.78, 5) is 4.18. The molecule has 2 rings (SSSR count). The molecular weight excluding hydrogens is 204 g/mol. The van der Waals surface area contributed by atoms with Crippen molar-refractivity contribution in [2.45, 2.75) is 51.3 Å². The summed E-state index contributed by atoms with van der Waals surface area (Å²) >= 11 is 0. The van der Waals surface area contributed by atoms with E-state index in [0.29, 0.717) is 12.1 Å². The molecule has 1 fully saturated rings. The molecule has 0 amide bonds. The SMILES string of the molecule is COC1CCCC(NCc2ncc(C)o2)C1. The third kappa shape index (κ3) is 3.06. The van der Waals surface area contributed by atoms with Crippen molar-refractivity contribution >= 4 is 0 Å². The lowest BCUT2D eigenvalue weighted by atomic mass is 9.93. The van der Waals surface area contributed by atoms with E-state index in [2.05, 4.69) is 10.3 Å². The zero-order valence-corrected chi connectivity index (χ0v) is 10.0. The molecule has 1 aromatic rings. The van der Waals surface area contributed by atoms with Crippen LogP contribution in [0.1, 0.15) is 37.3 Å². The molecule has 0 aromatic carbocycles. The third-order valence-electron chi connectivity index (χ3n) is 3.17. The molecule has 4 heteroatoms. The van der Waals surface area contributed by atoms with E-state index >= 15 is 0 Å². The molecule has 1 aromatic heterocycles. The Labute approximate surface area is 96.4 Å². The van der Waals surface area contributed by atoms with Crippen LogP contribution < -0.4 is 5.32 Å². The summed E-state index contributed by atoms with van der Waals surface area (Å²) in [6, 6.07) is 0.533. The zero-order valence-electron chi connectivity index (χ0n) is 10.0. The molecular formula is C12H20N2O2. The lowest BCUT2D eigenvalue weighted by Gasteiger charge is -2.28. The van der Waals surface area contributed by atoms with Gasteiger partial charge in [0.1, 0.15) is 5.76 Å². The molecule has 1 aliphatic rings. The van der Waals surface area contributed by atoms with E-state index in [-0.39, 0.29) is 0 Å². The first-order valence-corrected chi connectivity index (χ1v) is 5.95. The van der Waals surface area contributed by atoms with Gasteiger partial charge in [-0.3, -0.25) is 0 Å². The summed E-state index contributed by atoms with van der Waals surface area (Å²) in [6.45, 7) is 2.63. The first kappa shape index (κ1) is 11.6. The molecule has 1 saturated carbocycles. The smallest absolute Gasteiger partial charge is 0.208 e. The van der Waals surface area contributed by atoms with Gasteiger partial charge in [0.25, 0.3) is 0 Å². The summed E-state index contributed by atoms with van der Waals surface area (Å²) in [5, 5.41) is 3.48. The van der Waals surface area contributed by atoms with Gasteiger partial charge < -0.3 is 14.5 Å². The minimum Gasteiger partial charge on any atom is -0.445 e. The first-order valence-electron chi connectivity index (χ1n) is 5.95. The molecule has 0 aliphatic heterocycles. The Morgan fingerprint density at radius 1 is 1.56 bits per heavy atom. The highest BCUT2D eigenvalue weighted by Crippen LogP contribution is 2.20. The van der Waals surface area contributed by atoms with Gasteiger partial charge >= 0.3 is 0 Å². The Morgan fingerprint density at radius 2 is 2.44 bits per heavy atom. The maximum atomic E-state index is 5.42. The second-order valence-electron chi connectivity index (χ2n) is 4.47. The number of nitrogens with zero attached hydrogens (tertiary/aromatic N) is 1. The fourth-order valence-corrected chi connectivity index (χ4v) is 2.26. The lowest BCUT2D eigenvalue weighted by Crippen LogP contribution is -2.36. The third-order valence-corrected chi connectivity index (χ3v) is 3.17. The topological polar surface area (TPSA) is 47.3 Å². The van der Waals surface area contributed by atoms with Gasteiger partial charge in [-0.2, -0.15) is 0 Å². The van der Waals surface area contributed by atoms with Crippen LogP contribution in [0.15, 0.2) is 10.6 Å². The second kappa shape index (κ2) is 5.46. The molecule has 2 unspecified atom stereocenters. The highest BCUT2D eigenvalue weighted by molar-refractivity contribution is 4.91. The molecule has 1 aliphatic carbocycles. The van der Waals surface area contributed by atoms with Gasteiger partial charge in [-0.05, 0) is 32.6 Å². The molecule has 2 atom stereocenters. The molecule has 0 saturated heterocycles. The van der Waals surface area contributed by atoms with Gasteiger partial charge in [-0.25, -0.2) is 4.98 Å². The van der Waals surface area contributed by atoms with Crippen LogP contribution in [0.2, 0.25) is 0 Å². The van der Waals surface area contributed by atoms with Gasteiger partial charge in [0.15, 0.2) is 0 Å². The van der Waals surface area contributed by atoms with Crippen LogP contribution in [-0.4, -0.2) is 24.2 Å². The molecule has 0 radical (unpaired) electrons. The van der Waals surface area contributed by atoms with E-state index in [4.69, 9.17) is 9.15 Å². The maximum absolute atomic E-state index is 5.42. The van der Waals surface area contributed by atoms with E-state index in [1.54, 1.807) is 13.3 Å². The summed E-state index contributed by atoms with van der Waals surface area (Å²) in [7, 11) is 1.80. The zero-order chi connectivity index (χ0) is 11.4. The number of hydrogen-bond acceptors (Lipinski definition) is 4. The number of methoxy groups -OCH3 is 1. The number of hydrogen-bond donors (Lipinski definition) is 1. The number of oxazole rings is 1. The Kier molecular flexibility index (Phi) is 3.96. The minimum absolute atomic E-state index is 0.414. The highest BCUT2D eigenvalue weighted by Gasteiger charge is 2.21. The number of ether oxygens (including phenoxy) is 1. The van der Waals surface area contributed by atoms with Crippen LogP contribution in [0.5, 0.6) is 0 Å². The van der Waals surface area contributed by atoms with Crippen molar-refractivity contribution in [1.29, 1.82) is 0 Å². The molecule has 1 N–H and O–H groups in total. The average molecular weight is 224 g/mol. The van der Waals surface area contributed by atoms with Crippen LogP contribution in [0.25, 0.3) is 0 Å². The van der Waals surface area contributed by atoms with Crippen LogP contribution in [0.4, 0.5) is 0 Å². The summed E-state index contributed by atoms with van der Waals surface area (Å²) in [6.07, 6.45) is 6.91. The van der Waals surface area contributed by atoms with Crippen molar-refractivity contribution in [3.63, 3.8) is 0 Å². The Bertz CT molecular complexity index is 325. The minimum atomic E-state index is 0.414.